The number of allylic oxidation sites excluding steroid dienone is 2. The van der Waals surface area contributed by atoms with Crippen LogP contribution < -0.4 is 10.4 Å². The van der Waals surface area contributed by atoms with Crippen LogP contribution in [0.1, 0.15) is 46.3 Å². The predicted molar refractivity (Wildman–Crippen MR) is 157 cm³/mol. The summed E-state index contributed by atoms with van der Waals surface area (Å²) in [5.74, 6) is -0.0956. The molecular formula is C24H20BrFN2S5Si. The lowest BCUT2D eigenvalue weighted by Crippen LogP contribution is -2.48. The molecule has 10 heteroatoms. The second-order valence-electron chi connectivity index (χ2n) is 9.36. The lowest BCUT2D eigenvalue weighted by Gasteiger charge is -2.31. The summed E-state index contributed by atoms with van der Waals surface area (Å²) >= 11 is 14.6. The molecule has 5 heterocycles. The number of thiol groups is 1. The molecule has 1 aliphatic carbocycles. The quantitative estimate of drug-likeness (QED) is 0.185. The molecule has 6 rings (SSSR count). The molecule has 34 heavy (non-hydrogen) atoms. The summed E-state index contributed by atoms with van der Waals surface area (Å²) in [6.45, 7) is 8.84. The molecule has 0 saturated carbocycles. The molecule has 0 radical (unpaired) electrons. The van der Waals surface area contributed by atoms with E-state index in [1.165, 1.54) is 35.6 Å². The van der Waals surface area contributed by atoms with Crippen LogP contribution >= 0.6 is 74.3 Å². The van der Waals surface area contributed by atoms with Crippen molar-refractivity contribution in [3.8, 4) is 9.75 Å². The molecule has 4 aromatic rings. The number of thiophene rings is 3. The Balaban J connectivity index is 1.47. The highest BCUT2D eigenvalue weighted by Gasteiger charge is 2.45. The van der Waals surface area contributed by atoms with Crippen molar-refractivity contribution in [1.82, 2.24) is 8.75 Å². The van der Waals surface area contributed by atoms with Gasteiger partial charge in [-0.05, 0) is 64.4 Å². The van der Waals surface area contributed by atoms with Crippen molar-refractivity contribution in [1.29, 1.82) is 0 Å². The third-order valence-corrected chi connectivity index (χ3v) is 16.3. The Labute approximate surface area is 229 Å². The number of aromatic nitrogens is 2. The van der Waals surface area contributed by atoms with E-state index < -0.39 is 13.5 Å². The summed E-state index contributed by atoms with van der Waals surface area (Å²) < 4.78 is 26.6. The predicted octanol–water partition coefficient (Wildman–Crippen LogP) is 8.02. The molecule has 0 spiro atoms. The Morgan fingerprint density at radius 1 is 1.15 bits per heavy atom. The van der Waals surface area contributed by atoms with Crippen LogP contribution in [0.15, 0.2) is 40.0 Å². The molecule has 1 atom stereocenters. The second-order valence-corrected chi connectivity index (χ2v) is 19.3. The fourth-order valence-electron chi connectivity index (χ4n) is 4.98. The molecule has 1 unspecified atom stereocenters. The molecule has 2 aliphatic rings. The first-order valence-electron chi connectivity index (χ1n) is 10.8. The van der Waals surface area contributed by atoms with E-state index in [9.17, 15) is 0 Å². The van der Waals surface area contributed by atoms with Gasteiger partial charge in [0.15, 0.2) is 0 Å². The fourth-order valence-corrected chi connectivity index (χ4v) is 14.9. The fraction of sp³-hybridized carbons (Fsp3) is 0.250. The maximum atomic E-state index is 16.1. The third-order valence-electron chi connectivity index (χ3n) is 6.94. The van der Waals surface area contributed by atoms with Crippen LogP contribution in [-0.4, -0.2) is 16.8 Å². The summed E-state index contributed by atoms with van der Waals surface area (Å²) in [5.41, 5.74) is 1.69. The Morgan fingerprint density at radius 3 is 2.65 bits per heavy atom. The summed E-state index contributed by atoms with van der Waals surface area (Å²) in [7, 11) is -1.79. The Bertz CT molecular complexity index is 1540. The Kier molecular flexibility index (Phi) is 5.57. The van der Waals surface area contributed by atoms with Crippen LogP contribution in [0.3, 0.4) is 0 Å². The van der Waals surface area contributed by atoms with E-state index in [0.29, 0.717) is 11.3 Å². The zero-order valence-corrected chi connectivity index (χ0v) is 25.6. The maximum absolute atomic E-state index is 16.1. The molecule has 0 amide bonds. The van der Waals surface area contributed by atoms with Crippen LogP contribution in [0.5, 0.6) is 0 Å². The SMILES string of the molecule is C/C=C(\S)c1ccc(C2(C)CC(F)=C(c3cc4c(s3)-c3sc(Br)cc3[Si]4(C)C)c3nsnc32)s1. The van der Waals surface area contributed by atoms with E-state index in [2.05, 4.69) is 77.2 Å². The van der Waals surface area contributed by atoms with Gasteiger partial charge in [-0.25, -0.2) is 4.39 Å². The van der Waals surface area contributed by atoms with Gasteiger partial charge in [0, 0.05) is 35.7 Å². The number of nitrogens with zero attached hydrogens (tertiary/aromatic N) is 2. The van der Waals surface area contributed by atoms with Gasteiger partial charge in [0.2, 0.25) is 0 Å². The van der Waals surface area contributed by atoms with Crippen LogP contribution in [-0.2, 0) is 5.41 Å². The number of fused-ring (bicyclic) bond motifs is 4. The molecular weight excluding hydrogens is 604 g/mol. The van der Waals surface area contributed by atoms with E-state index in [-0.39, 0.29) is 12.2 Å². The van der Waals surface area contributed by atoms with Gasteiger partial charge in [0.05, 0.1) is 32.2 Å². The van der Waals surface area contributed by atoms with E-state index in [4.69, 9.17) is 4.37 Å². The number of halogens is 2. The molecule has 0 N–H and O–H groups in total. The highest BCUT2D eigenvalue weighted by molar-refractivity contribution is 9.11. The topological polar surface area (TPSA) is 25.8 Å². The molecule has 0 saturated heterocycles. The monoisotopic (exact) mass is 622 g/mol. The highest BCUT2D eigenvalue weighted by Crippen LogP contribution is 2.52. The van der Waals surface area contributed by atoms with Gasteiger partial charge in [0.1, 0.15) is 19.6 Å². The van der Waals surface area contributed by atoms with E-state index >= 15 is 4.39 Å². The van der Waals surface area contributed by atoms with E-state index in [1.807, 2.05) is 13.0 Å². The number of hydrogen-bond donors (Lipinski definition) is 1. The molecule has 0 aromatic carbocycles. The minimum Gasteiger partial charge on any atom is -0.211 e. The van der Waals surface area contributed by atoms with Gasteiger partial charge >= 0.3 is 0 Å². The summed E-state index contributed by atoms with van der Waals surface area (Å²) in [5, 5.41) is 2.90. The minimum atomic E-state index is -1.79. The average Bonchev–Trinajstić information content (AvgIpc) is 3.58. The lowest BCUT2D eigenvalue weighted by atomic mass is 9.75. The minimum absolute atomic E-state index is 0.0956. The van der Waals surface area contributed by atoms with Gasteiger partial charge in [0.25, 0.3) is 0 Å². The number of hydrogen-bond acceptors (Lipinski definition) is 7. The van der Waals surface area contributed by atoms with Crippen molar-refractivity contribution in [2.24, 2.45) is 0 Å². The maximum Gasteiger partial charge on any atom is 0.116 e. The summed E-state index contributed by atoms with van der Waals surface area (Å²) in [6.07, 6.45) is 2.27. The number of rotatable bonds is 3. The van der Waals surface area contributed by atoms with Gasteiger partial charge in [-0.3, -0.25) is 0 Å². The summed E-state index contributed by atoms with van der Waals surface area (Å²) in [4.78, 5) is 6.75. The van der Waals surface area contributed by atoms with Gasteiger partial charge in [-0.2, -0.15) is 8.75 Å². The van der Waals surface area contributed by atoms with Crippen molar-refractivity contribution in [2.45, 2.75) is 38.8 Å². The zero-order chi connectivity index (χ0) is 24.0. The smallest absolute Gasteiger partial charge is 0.116 e. The van der Waals surface area contributed by atoms with Crippen LogP contribution in [0, 0.1) is 0 Å². The van der Waals surface area contributed by atoms with Crippen molar-refractivity contribution in [3.05, 3.63) is 66.0 Å². The average molecular weight is 624 g/mol. The molecule has 0 bridgehead atoms. The lowest BCUT2D eigenvalue weighted by molar-refractivity contribution is 0.470. The summed E-state index contributed by atoms with van der Waals surface area (Å²) in [6, 6.07) is 8.69. The first-order valence-corrected chi connectivity index (χ1v) is 18.2. The van der Waals surface area contributed by atoms with E-state index in [1.54, 1.807) is 34.0 Å². The van der Waals surface area contributed by atoms with Crippen molar-refractivity contribution >= 4 is 103 Å². The highest BCUT2D eigenvalue weighted by atomic mass is 79.9. The van der Waals surface area contributed by atoms with Gasteiger partial charge < -0.3 is 0 Å². The van der Waals surface area contributed by atoms with Crippen molar-refractivity contribution in [3.63, 3.8) is 0 Å². The van der Waals surface area contributed by atoms with Crippen molar-refractivity contribution < 1.29 is 4.39 Å². The second kappa shape index (κ2) is 8.06. The first-order chi connectivity index (χ1) is 16.1. The molecule has 4 aromatic heterocycles. The third kappa shape index (κ3) is 3.26. The van der Waals surface area contributed by atoms with Crippen LogP contribution in [0.4, 0.5) is 4.39 Å². The normalized spacial score (nSPS) is 21.1. The molecule has 174 valence electrons. The zero-order valence-electron chi connectivity index (χ0n) is 18.8. The van der Waals surface area contributed by atoms with Crippen molar-refractivity contribution in [2.75, 3.05) is 0 Å². The van der Waals surface area contributed by atoms with E-state index in [0.717, 1.165) is 25.2 Å². The van der Waals surface area contributed by atoms with Crippen LogP contribution in [0.25, 0.3) is 20.2 Å². The first kappa shape index (κ1) is 23.5. The molecule has 1 aliphatic heterocycles. The Morgan fingerprint density at radius 2 is 1.88 bits per heavy atom. The Hall–Kier alpha value is -0.883. The largest absolute Gasteiger partial charge is 0.211 e. The van der Waals surface area contributed by atoms with Gasteiger partial charge in [-0.1, -0.05) is 19.2 Å². The molecule has 0 fully saturated rings. The molecule has 2 nitrogen and oxygen atoms in total. The van der Waals surface area contributed by atoms with Gasteiger partial charge in [-0.15, -0.1) is 46.6 Å². The standard InChI is InChI=1S/C24H20BrFN2S5Si/c1-5-12(29)13-6-7-17(30-13)24(2)10-11(26)19(20-23(24)28-33-27-20)14-8-15-21(31-14)22-16(34(15,3)4)9-18(25)32-22/h5-9,29H,10H2,1-4H3/b12-5-. The van der Waals surface area contributed by atoms with Crippen LogP contribution in [0.2, 0.25) is 13.1 Å².